The summed E-state index contributed by atoms with van der Waals surface area (Å²) in [6, 6.07) is 0. The van der Waals surface area contributed by atoms with E-state index in [1.807, 2.05) is 13.8 Å². The molecule has 0 aromatic carbocycles. The summed E-state index contributed by atoms with van der Waals surface area (Å²) < 4.78 is 0. The summed E-state index contributed by atoms with van der Waals surface area (Å²) in [4.78, 5) is 20.6. The van der Waals surface area contributed by atoms with Gasteiger partial charge in [-0.2, -0.15) is 0 Å². The molecule has 5 nitrogen and oxygen atoms in total. The van der Waals surface area contributed by atoms with Crippen LogP contribution in [-0.2, 0) is 4.79 Å². The monoisotopic (exact) mass is 169 g/mol. The minimum absolute atomic E-state index is 0.775. The zero-order chi connectivity index (χ0) is 9.56. The molecular weight excluding hydrogens is 158 g/mol. The zero-order valence-corrected chi connectivity index (χ0v) is 7.27. The van der Waals surface area contributed by atoms with E-state index in [0.29, 0.717) is 0 Å². The van der Waals surface area contributed by atoms with Gasteiger partial charge in [-0.05, 0) is 13.8 Å². The lowest BCUT2D eigenvalue weighted by atomic mass is 10.6. The number of hydrogen-bond donors (Lipinski definition) is 1. The highest BCUT2D eigenvalue weighted by Crippen LogP contribution is 1.83. The van der Waals surface area contributed by atoms with Gasteiger partial charge in [-0.15, -0.1) is 0 Å². The normalized spacial score (nSPS) is 8.25. The van der Waals surface area contributed by atoms with Crippen molar-refractivity contribution in [2.45, 2.75) is 20.8 Å². The van der Waals surface area contributed by atoms with Crippen molar-refractivity contribution in [2.24, 2.45) is 0 Å². The van der Waals surface area contributed by atoms with Gasteiger partial charge in [0.1, 0.15) is 18.0 Å². The summed E-state index contributed by atoms with van der Waals surface area (Å²) in [6.45, 7) is 4.77. The van der Waals surface area contributed by atoms with E-state index in [9.17, 15) is 0 Å². The molecule has 0 bridgehead atoms. The highest BCUT2D eigenvalue weighted by molar-refractivity contribution is 5.62. The molecule has 0 unspecified atom stereocenters. The number of nitrogens with zero attached hydrogens (tertiary/aromatic N) is 3. The van der Waals surface area contributed by atoms with Crippen LogP contribution < -0.4 is 0 Å². The van der Waals surface area contributed by atoms with Crippen molar-refractivity contribution in [3.8, 4) is 0 Å². The summed E-state index contributed by atoms with van der Waals surface area (Å²) in [5, 5.41) is 7.42. The average molecular weight is 169 g/mol. The fourth-order valence-corrected chi connectivity index (χ4v) is 0.488. The SMILES string of the molecule is CC(=O)O.Cc1ncnc(C)n1. The van der Waals surface area contributed by atoms with Crippen molar-refractivity contribution in [1.82, 2.24) is 15.0 Å². The molecule has 66 valence electrons. The molecule has 0 saturated carbocycles. The first-order chi connectivity index (χ1) is 5.52. The van der Waals surface area contributed by atoms with E-state index in [2.05, 4.69) is 15.0 Å². The quantitative estimate of drug-likeness (QED) is 0.614. The van der Waals surface area contributed by atoms with Gasteiger partial charge in [0.25, 0.3) is 5.97 Å². The molecule has 0 saturated heterocycles. The molecule has 0 aliphatic rings. The van der Waals surface area contributed by atoms with Gasteiger partial charge in [0.15, 0.2) is 0 Å². The Morgan fingerprint density at radius 2 is 1.67 bits per heavy atom. The molecule has 0 atom stereocenters. The molecule has 1 rings (SSSR count). The fourth-order valence-electron chi connectivity index (χ4n) is 0.488. The van der Waals surface area contributed by atoms with Crippen molar-refractivity contribution in [1.29, 1.82) is 0 Å². The predicted octanol–water partition coefficient (Wildman–Crippen LogP) is 0.579. The van der Waals surface area contributed by atoms with Crippen molar-refractivity contribution >= 4 is 5.97 Å². The van der Waals surface area contributed by atoms with Gasteiger partial charge in [-0.25, -0.2) is 15.0 Å². The smallest absolute Gasteiger partial charge is 0.300 e. The minimum Gasteiger partial charge on any atom is -0.481 e. The van der Waals surface area contributed by atoms with Gasteiger partial charge in [0.05, 0.1) is 0 Å². The van der Waals surface area contributed by atoms with Crippen molar-refractivity contribution in [3.05, 3.63) is 18.0 Å². The maximum absolute atomic E-state index is 9.00. The van der Waals surface area contributed by atoms with Crippen LogP contribution in [0, 0.1) is 13.8 Å². The predicted molar refractivity (Wildman–Crippen MR) is 42.6 cm³/mol. The lowest BCUT2D eigenvalue weighted by molar-refractivity contribution is -0.134. The minimum atomic E-state index is -0.833. The van der Waals surface area contributed by atoms with Crippen LogP contribution in [0.25, 0.3) is 0 Å². The Morgan fingerprint density at radius 1 is 1.33 bits per heavy atom. The molecule has 1 heterocycles. The second-order valence-corrected chi connectivity index (χ2v) is 2.10. The van der Waals surface area contributed by atoms with Crippen molar-refractivity contribution in [2.75, 3.05) is 0 Å². The van der Waals surface area contributed by atoms with Crippen LogP contribution in [0.5, 0.6) is 0 Å². The molecule has 0 fully saturated rings. The maximum atomic E-state index is 9.00. The van der Waals surface area contributed by atoms with Crippen LogP contribution in [-0.4, -0.2) is 26.0 Å². The Balaban J connectivity index is 0.000000261. The third-order valence-electron chi connectivity index (χ3n) is 0.813. The second-order valence-electron chi connectivity index (χ2n) is 2.10. The molecule has 0 radical (unpaired) electrons. The summed E-state index contributed by atoms with van der Waals surface area (Å²) >= 11 is 0. The van der Waals surface area contributed by atoms with Gasteiger partial charge in [0.2, 0.25) is 0 Å². The molecule has 0 amide bonds. The van der Waals surface area contributed by atoms with Crippen LogP contribution in [0.4, 0.5) is 0 Å². The van der Waals surface area contributed by atoms with E-state index < -0.39 is 5.97 Å². The topological polar surface area (TPSA) is 76.0 Å². The Kier molecular flexibility index (Phi) is 4.52. The molecule has 0 spiro atoms. The number of aromatic nitrogens is 3. The average Bonchev–Trinajstić information content (AvgIpc) is 1.84. The largest absolute Gasteiger partial charge is 0.481 e. The number of carboxylic acids is 1. The van der Waals surface area contributed by atoms with E-state index in [0.717, 1.165) is 18.6 Å². The summed E-state index contributed by atoms with van der Waals surface area (Å²) in [6.07, 6.45) is 1.51. The molecule has 1 aromatic rings. The first-order valence-corrected chi connectivity index (χ1v) is 3.34. The summed E-state index contributed by atoms with van der Waals surface area (Å²) in [5.41, 5.74) is 0. The van der Waals surface area contributed by atoms with Gasteiger partial charge >= 0.3 is 0 Å². The number of hydrogen-bond acceptors (Lipinski definition) is 4. The van der Waals surface area contributed by atoms with Gasteiger partial charge in [0, 0.05) is 6.92 Å². The van der Waals surface area contributed by atoms with Crippen LogP contribution >= 0.6 is 0 Å². The Morgan fingerprint density at radius 3 is 1.83 bits per heavy atom. The van der Waals surface area contributed by atoms with E-state index in [1.165, 1.54) is 6.33 Å². The van der Waals surface area contributed by atoms with Crippen LogP contribution in [0.3, 0.4) is 0 Å². The molecule has 12 heavy (non-hydrogen) atoms. The van der Waals surface area contributed by atoms with Crippen LogP contribution in [0.15, 0.2) is 6.33 Å². The summed E-state index contributed by atoms with van der Waals surface area (Å²) in [7, 11) is 0. The standard InChI is InChI=1S/C5H7N3.C2H4O2/c1-4-6-3-7-5(2)8-4;1-2(3)4/h3H,1-2H3;1H3,(H,3,4). The second kappa shape index (κ2) is 5.17. The van der Waals surface area contributed by atoms with Gasteiger partial charge < -0.3 is 5.11 Å². The van der Waals surface area contributed by atoms with E-state index in [4.69, 9.17) is 9.90 Å². The van der Waals surface area contributed by atoms with Crippen LogP contribution in [0.1, 0.15) is 18.6 Å². The van der Waals surface area contributed by atoms with Crippen LogP contribution in [0.2, 0.25) is 0 Å². The number of rotatable bonds is 0. The lowest BCUT2D eigenvalue weighted by Gasteiger charge is -1.88. The van der Waals surface area contributed by atoms with Gasteiger partial charge in [-0.3, -0.25) is 4.79 Å². The third kappa shape index (κ3) is 6.60. The first kappa shape index (κ1) is 10.5. The highest BCUT2D eigenvalue weighted by Gasteiger charge is 1.84. The Bertz CT molecular complexity index is 241. The van der Waals surface area contributed by atoms with Crippen molar-refractivity contribution < 1.29 is 9.90 Å². The number of carboxylic acid groups (broad SMARTS) is 1. The molecule has 0 aliphatic heterocycles. The maximum Gasteiger partial charge on any atom is 0.300 e. The number of carbonyl (C=O) groups is 1. The molecule has 5 heteroatoms. The Hall–Kier alpha value is -1.52. The van der Waals surface area contributed by atoms with E-state index in [-0.39, 0.29) is 0 Å². The molecule has 1 aromatic heterocycles. The van der Waals surface area contributed by atoms with Crippen molar-refractivity contribution in [3.63, 3.8) is 0 Å². The number of aryl methyl sites for hydroxylation is 2. The molecular formula is C7H11N3O2. The summed E-state index contributed by atoms with van der Waals surface area (Å²) in [5.74, 6) is 0.718. The fraction of sp³-hybridized carbons (Fsp3) is 0.429. The Labute approximate surface area is 70.5 Å². The highest BCUT2D eigenvalue weighted by atomic mass is 16.4. The molecule has 1 N–H and O–H groups in total. The van der Waals surface area contributed by atoms with E-state index in [1.54, 1.807) is 0 Å². The van der Waals surface area contributed by atoms with Gasteiger partial charge in [-0.1, -0.05) is 0 Å². The molecule has 0 aliphatic carbocycles. The van der Waals surface area contributed by atoms with E-state index >= 15 is 0 Å². The lowest BCUT2D eigenvalue weighted by Crippen LogP contribution is -1.91. The zero-order valence-electron chi connectivity index (χ0n) is 7.27. The number of aliphatic carboxylic acids is 1. The third-order valence-corrected chi connectivity index (χ3v) is 0.813. The first-order valence-electron chi connectivity index (χ1n) is 3.34.